The fourth-order valence-corrected chi connectivity index (χ4v) is 3.37. The van der Waals surface area contributed by atoms with E-state index in [0.717, 1.165) is 35.2 Å². The standard InChI is InChI=1S/C16H24BrN3O/c1-11-5-6-15(14(17)8-11)19-16(21)10-20-7-3-4-13(9-20)12(2)18/h5-6,8,12-13H,3-4,7,9-10,18H2,1-2H3,(H,19,21). The average Bonchev–Trinajstić information content (AvgIpc) is 2.42. The molecule has 1 saturated heterocycles. The van der Waals surface area contributed by atoms with Gasteiger partial charge in [-0.25, -0.2) is 0 Å². The molecule has 0 spiro atoms. The Kier molecular flexibility index (Phi) is 5.79. The van der Waals surface area contributed by atoms with E-state index < -0.39 is 0 Å². The van der Waals surface area contributed by atoms with Crippen LogP contribution in [0.3, 0.4) is 0 Å². The summed E-state index contributed by atoms with van der Waals surface area (Å²) < 4.78 is 0.919. The normalized spacial score (nSPS) is 21.0. The second kappa shape index (κ2) is 7.38. The fourth-order valence-electron chi connectivity index (χ4n) is 2.78. The van der Waals surface area contributed by atoms with Gasteiger partial charge in [0, 0.05) is 17.1 Å². The summed E-state index contributed by atoms with van der Waals surface area (Å²) in [7, 11) is 0. The van der Waals surface area contributed by atoms with E-state index in [1.54, 1.807) is 0 Å². The van der Waals surface area contributed by atoms with Gasteiger partial charge in [0.1, 0.15) is 0 Å². The van der Waals surface area contributed by atoms with E-state index in [1.807, 2.05) is 25.1 Å². The number of nitrogens with two attached hydrogens (primary N) is 1. The van der Waals surface area contributed by atoms with Crippen molar-refractivity contribution in [3.05, 3.63) is 28.2 Å². The van der Waals surface area contributed by atoms with Crippen LogP contribution in [-0.4, -0.2) is 36.5 Å². The molecule has 116 valence electrons. The van der Waals surface area contributed by atoms with Gasteiger partial charge in [-0.05, 0) is 72.8 Å². The lowest BCUT2D eigenvalue weighted by molar-refractivity contribution is -0.117. The van der Waals surface area contributed by atoms with Crippen molar-refractivity contribution in [2.45, 2.75) is 32.7 Å². The Hall–Kier alpha value is -0.910. The van der Waals surface area contributed by atoms with Gasteiger partial charge >= 0.3 is 0 Å². The second-order valence-electron chi connectivity index (χ2n) is 6.03. The first-order valence-corrected chi connectivity index (χ1v) is 8.29. The quantitative estimate of drug-likeness (QED) is 0.874. The van der Waals surface area contributed by atoms with Crippen LogP contribution >= 0.6 is 15.9 Å². The second-order valence-corrected chi connectivity index (χ2v) is 6.88. The van der Waals surface area contributed by atoms with Crippen LogP contribution < -0.4 is 11.1 Å². The van der Waals surface area contributed by atoms with E-state index >= 15 is 0 Å². The number of benzene rings is 1. The maximum absolute atomic E-state index is 12.2. The average molecular weight is 354 g/mol. The minimum absolute atomic E-state index is 0.0323. The van der Waals surface area contributed by atoms with Crippen LogP contribution in [0.5, 0.6) is 0 Å². The van der Waals surface area contributed by atoms with E-state index in [0.29, 0.717) is 12.5 Å². The largest absolute Gasteiger partial charge is 0.328 e. The third-order valence-electron chi connectivity index (χ3n) is 4.05. The molecular weight excluding hydrogens is 330 g/mol. The van der Waals surface area contributed by atoms with Gasteiger partial charge < -0.3 is 11.1 Å². The highest BCUT2D eigenvalue weighted by molar-refractivity contribution is 9.10. The lowest BCUT2D eigenvalue weighted by Gasteiger charge is -2.34. The summed E-state index contributed by atoms with van der Waals surface area (Å²) >= 11 is 3.48. The highest BCUT2D eigenvalue weighted by atomic mass is 79.9. The molecule has 2 unspecified atom stereocenters. The van der Waals surface area contributed by atoms with Crippen molar-refractivity contribution in [2.24, 2.45) is 11.7 Å². The van der Waals surface area contributed by atoms with Crippen molar-refractivity contribution in [1.82, 2.24) is 4.90 Å². The summed E-state index contributed by atoms with van der Waals surface area (Å²) in [5.41, 5.74) is 7.97. The summed E-state index contributed by atoms with van der Waals surface area (Å²) in [6, 6.07) is 6.12. The zero-order valence-corrected chi connectivity index (χ0v) is 14.3. The smallest absolute Gasteiger partial charge is 0.238 e. The Bertz CT molecular complexity index is 504. The van der Waals surface area contributed by atoms with Crippen LogP contribution in [0, 0.1) is 12.8 Å². The van der Waals surface area contributed by atoms with Gasteiger partial charge in [0.25, 0.3) is 0 Å². The molecule has 1 aliphatic heterocycles. The van der Waals surface area contributed by atoms with Crippen molar-refractivity contribution in [1.29, 1.82) is 0 Å². The zero-order chi connectivity index (χ0) is 15.4. The van der Waals surface area contributed by atoms with Gasteiger partial charge in [-0.3, -0.25) is 9.69 Å². The number of anilines is 1. The third kappa shape index (κ3) is 4.80. The Morgan fingerprint density at radius 1 is 1.57 bits per heavy atom. The van der Waals surface area contributed by atoms with Gasteiger partial charge in [0.2, 0.25) is 5.91 Å². The predicted molar refractivity (Wildman–Crippen MR) is 90.3 cm³/mol. The van der Waals surface area contributed by atoms with Crippen LogP contribution in [0.4, 0.5) is 5.69 Å². The van der Waals surface area contributed by atoms with Gasteiger partial charge in [-0.2, -0.15) is 0 Å². The van der Waals surface area contributed by atoms with E-state index in [1.165, 1.54) is 6.42 Å². The number of likely N-dealkylation sites (tertiary alicyclic amines) is 1. The number of rotatable bonds is 4. The van der Waals surface area contributed by atoms with E-state index in [4.69, 9.17) is 5.73 Å². The van der Waals surface area contributed by atoms with Gasteiger partial charge in [-0.15, -0.1) is 0 Å². The molecule has 1 amide bonds. The maximum atomic E-state index is 12.2. The number of nitrogens with zero attached hydrogens (tertiary/aromatic N) is 1. The molecule has 0 radical (unpaired) electrons. The van der Waals surface area contributed by atoms with Crippen molar-refractivity contribution in [3.8, 4) is 0 Å². The molecule has 0 saturated carbocycles. The van der Waals surface area contributed by atoms with Crippen LogP contribution in [0.2, 0.25) is 0 Å². The number of carbonyl (C=O) groups excluding carboxylic acids is 1. The summed E-state index contributed by atoms with van der Waals surface area (Å²) in [6.07, 6.45) is 2.28. The third-order valence-corrected chi connectivity index (χ3v) is 4.71. The van der Waals surface area contributed by atoms with Gasteiger partial charge in [0.15, 0.2) is 0 Å². The molecule has 4 nitrogen and oxygen atoms in total. The van der Waals surface area contributed by atoms with Crippen LogP contribution in [-0.2, 0) is 4.79 Å². The minimum Gasteiger partial charge on any atom is -0.328 e. The molecular formula is C16H24BrN3O. The van der Waals surface area contributed by atoms with Crippen molar-refractivity contribution in [3.63, 3.8) is 0 Å². The topological polar surface area (TPSA) is 58.4 Å². The first-order valence-electron chi connectivity index (χ1n) is 7.49. The molecule has 21 heavy (non-hydrogen) atoms. The first kappa shape index (κ1) is 16.5. The minimum atomic E-state index is 0.0323. The monoisotopic (exact) mass is 353 g/mol. The Morgan fingerprint density at radius 3 is 3.00 bits per heavy atom. The molecule has 5 heteroatoms. The van der Waals surface area contributed by atoms with Crippen molar-refractivity contribution >= 4 is 27.5 Å². The molecule has 0 aliphatic carbocycles. The number of aryl methyl sites for hydroxylation is 1. The summed E-state index contributed by atoms with van der Waals surface area (Å²) in [5, 5.41) is 2.97. The maximum Gasteiger partial charge on any atom is 0.238 e. The Balaban J connectivity index is 1.89. The summed E-state index contributed by atoms with van der Waals surface area (Å²) in [6.45, 7) is 6.41. The molecule has 0 aromatic heterocycles. The van der Waals surface area contributed by atoms with Crippen LogP contribution in [0.1, 0.15) is 25.3 Å². The number of amides is 1. The molecule has 0 bridgehead atoms. The van der Waals surface area contributed by atoms with Gasteiger partial charge in [-0.1, -0.05) is 6.07 Å². The number of hydrogen-bond donors (Lipinski definition) is 2. The lowest BCUT2D eigenvalue weighted by atomic mass is 9.92. The number of hydrogen-bond acceptors (Lipinski definition) is 3. The van der Waals surface area contributed by atoms with Crippen molar-refractivity contribution in [2.75, 3.05) is 25.0 Å². The number of carbonyl (C=O) groups is 1. The lowest BCUT2D eigenvalue weighted by Crippen LogP contribution is -2.45. The van der Waals surface area contributed by atoms with E-state index in [-0.39, 0.29) is 11.9 Å². The summed E-state index contributed by atoms with van der Waals surface area (Å²) in [4.78, 5) is 14.4. The molecule has 2 rings (SSSR count). The van der Waals surface area contributed by atoms with E-state index in [2.05, 4.69) is 33.1 Å². The molecule has 2 atom stereocenters. The zero-order valence-electron chi connectivity index (χ0n) is 12.7. The van der Waals surface area contributed by atoms with Crippen LogP contribution in [0.25, 0.3) is 0 Å². The van der Waals surface area contributed by atoms with Crippen LogP contribution in [0.15, 0.2) is 22.7 Å². The molecule has 3 N–H and O–H groups in total. The Morgan fingerprint density at radius 2 is 2.33 bits per heavy atom. The van der Waals surface area contributed by atoms with Gasteiger partial charge in [0.05, 0.1) is 12.2 Å². The highest BCUT2D eigenvalue weighted by Gasteiger charge is 2.24. The molecule has 1 aromatic carbocycles. The number of piperidine rings is 1. The SMILES string of the molecule is Cc1ccc(NC(=O)CN2CCCC(C(C)N)C2)c(Br)c1. The summed E-state index contributed by atoms with van der Waals surface area (Å²) in [5.74, 6) is 0.530. The molecule has 1 heterocycles. The first-order chi connectivity index (χ1) is 9.95. The predicted octanol–water partition coefficient (Wildman–Crippen LogP) is 2.76. The fraction of sp³-hybridized carbons (Fsp3) is 0.562. The number of halogens is 1. The Labute approximate surface area is 135 Å². The van der Waals surface area contributed by atoms with Crippen molar-refractivity contribution < 1.29 is 4.79 Å². The highest BCUT2D eigenvalue weighted by Crippen LogP contribution is 2.23. The molecule has 1 aliphatic rings. The van der Waals surface area contributed by atoms with E-state index in [9.17, 15) is 4.79 Å². The number of nitrogens with one attached hydrogen (secondary N) is 1. The molecule has 1 aromatic rings. The molecule has 1 fully saturated rings.